The number of ether oxygens (including phenoxy) is 3. The van der Waals surface area contributed by atoms with Crippen molar-refractivity contribution in [2.75, 3.05) is 26.2 Å². The molecule has 76 heavy (non-hydrogen) atoms. The first-order valence-electron chi connectivity index (χ1n) is 25.7. The predicted octanol–water partition coefficient (Wildman–Crippen LogP) is 12.6. The lowest BCUT2D eigenvalue weighted by Gasteiger charge is -2.46. The van der Waals surface area contributed by atoms with Gasteiger partial charge in [0.2, 0.25) is 5.91 Å². The summed E-state index contributed by atoms with van der Waals surface area (Å²) in [6, 6.07) is 17.7. The van der Waals surface area contributed by atoms with Crippen LogP contribution in [0.3, 0.4) is 0 Å². The highest BCUT2D eigenvalue weighted by Gasteiger charge is 2.48. The third-order valence-electron chi connectivity index (χ3n) is 15.4. The second kappa shape index (κ2) is 26.9. The molecule has 0 bridgehead atoms. The van der Waals surface area contributed by atoms with Crippen molar-refractivity contribution in [2.24, 2.45) is 22.0 Å². The lowest BCUT2D eigenvalue weighted by Crippen LogP contribution is -2.54. The Kier molecular flexibility index (Phi) is 23.5. The van der Waals surface area contributed by atoms with E-state index in [2.05, 4.69) is 62.3 Å². The average Bonchev–Trinajstić information content (AvgIpc) is 3.31. The lowest BCUT2D eigenvalue weighted by atomic mass is 9.82. The zero-order valence-corrected chi connectivity index (χ0v) is 46.3. The normalized spacial score (nSPS) is 22.1. The van der Waals surface area contributed by atoms with Crippen LogP contribution in [0.4, 0.5) is 27.6 Å². The number of benzene rings is 3. The van der Waals surface area contributed by atoms with Gasteiger partial charge < -0.3 is 51.0 Å². The number of carboxylic acid groups (broad SMARTS) is 1. The summed E-state index contributed by atoms with van der Waals surface area (Å²) in [5.41, 5.74) is 4.40. The first-order valence-corrected chi connectivity index (χ1v) is 25.7. The van der Waals surface area contributed by atoms with Gasteiger partial charge in [-0.2, -0.15) is 0 Å². The summed E-state index contributed by atoms with van der Waals surface area (Å²) >= 11 is 0. The number of cyclic esters (lactones) is 3. The van der Waals surface area contributed by atoms with E-state index in [1.807, 2.05) is 20.8 Å². The van der Waals surface area contributed by atoms with Crippen LogP contribution < -0.4 is 11.9 Å². The fourth-order valence-corrected chi connectivity index (χ4v) is 9.30. The number of hydrogen-bond acceptors (Lipinski definition) is 10. The molecule has 426 valence electrons. The van der Waals surface area contributed by atoms with Crippen molar-refractivity contribution >= 4 is 30.2 Å². The molecule has 7 N–H and O–H groups in total. The summed E-state index contributed by atoms with van der Waals surface area (Å²) in [5.74, 6) is -2.48. The molecular weight excluding hydrogens is 984 g/mol. The van der Waals surface area contributed by atoms with Gasteiger partial charge in [-0.3, -0.25) is 9.59 Å². The number of carboxylic acids is 1. The Balaban J connectivity index is 0.000000385. The first kappa shape index (κ1) is 66.2. The quantitative estimate of drug-likeness (QED) is 0.105. The highest BCUT2D eigenvalue weighted by atomic mass is 19.1. The van der Waals surface area contributed by atoms with E-state index in [1.54, 1.807) is 51.1 Å². The van der Waals surface area contributed by atoms with E-state index in [9.17, 15) is 42.3 Å². The molecule has 0 spiro atoms. The van der Waals surface area contributed by atoms with Gasteiger partial charge in [0.15, 0.2) is 0 Å². The minimum Gasteiger partial charge on any atom is -0.481 e. The molecule has 4 amide bonds. The Morgan fingerprint density at radius 1 is 0.553 bits per heavy atom. The molecule has 3 saturated heterocycles. The van der Waals surface area contributed by atoms with Gasteiger partial charge in [-0.15, -0.1) is 0 Å². The van der Waals surface area contributed by atoms with Gasteiger partial charge in [0, 0.05) is 89.3 Å². The maximum Gasteiger partial charge on any atom is 0.410 e. The maximum atomic E-state index is 13.3. The minimum absolute atomic E-state index is 0. The molecule has 3 aromatic rings. The van der Waals surface area contributed by atoms with Crippen LogP contribution in [0.15, 0.2) is 72.8 Å². The standard InChI is InChI=1S/C19H27FN2O3.C19H26FNO4.C19H28FNO3.CH4.H3N/c1-13(18(2,3)4)22-12-11-19(25-17(22)24,10-9-16(21)23)14-5-7-15(20)8-6-14;1-13(18(2,3)4)21-12-11-19(25-17(21)24,10-9-16(22)23)14-5-7-15(20)8-6-14;1-14(18(2,3)4)21-12-11-19(10-5-13-22,24-17(21)23)15-6-8-16(20)9-7-15;;/h5-8,13H,9-12H2,1-4H3,(H2,21,23);5-8,13H,9-12H2,1-4H3,(H,22,23);6-9,14,22H,5,10-13H2,1-4H3;1H4;1H3/t2*13-,19+;14-,19+;;/m000../s1. The number of aliphatic hydroxyl groups is 1. The fourth-order valence-electron chi connectivity index (χ4n) is 9.30. The van der Waals surface area contributed by atoms with Crippen molar-refractivity contribution in [3.05, 3.63) is 107 Å². The number of primary amides is 1. The summed E-state index contributed by atoms with van der Waals surface area (Å²) in [6.45, 7) is 26.2. The zero-order chi connectivity index (χ0) is 55.6. The zero-order valence-electron chi connectivity index (χ0n) is 46.3. The number of hydrogen-bond donors (Lipinski definition) is 4. The van der Waals surface area contributed by atoms with E-state index in [4.69, 9.17) is 25.1 Å². The number of carbonyl (C=O) groups is 5. The van der Waals surface area contributed by atoms with E-state index < -0.39 is 40.9 Å². The van der Waals surface area contributed by atoms with E-state index in [0.717, 1.165) is 5.56 Å². The monoisotopic (exact) mass is 1070 g/mol. The van der Waals surface area contributed by atoms with E-state index >= 15 is 0 Å². The Bertz CT molecular complexity index is 2260. The van der Waals surface area contributed by atoms with Gasteiger partial charge >= 0.3 is 24.2 Å². The number of rotatable bonds is 15. The van der Waals surface area contributed by atoms with Crippen molar-refractivity contribution < 1.29 is 61.6 Å². The van der Waals surface area contributed by atoms with E-state index in [-0.39, 0.29) is 104 Å². The summed E-state index contributed by atoms with van der Waals surface area (Å²) < 4.78 is 57.3. The Morgan fingerprint density at radius 2 is 0.816 bits per heavy atom. The molecule has 3 heterocycles. The largest absolute Gasteiger partial charge is 0.481 e. The second-order valence-corrected chi connectivity index (χ2v) is 23.3. The first-order chi connectivity index (χ1) is 34.3. The molecule has 0 radical (unpaired) electrons. The Labute approximate surface area is 449 Å². The van der Waals surface area contributed by atoms with Crippen LogP contribution in [0.5, 0.6) is 0 Å². The number of nitrogens with two attached hydrogens (primary N) is 1. The maximum absolute atomic E-state index is 13.3. The summed E-state index contributed by atoms with van der Waals surface area (Å²) in [5, 5.41) is 18.3. The van der Waals surface area contributed by atoms with Crippen molar-refractivity contribution in [3.8, 4) is 0 Å². The van der Waals surface area contributed by atoms with E-state index in [1.165, 1.54) is 36.4 Å². The van der Waals surface area contributed by atoms with Gasteiger partial charge in [-0.25, -0.2) is 27.6 Å². The van der Waals surface area contributed by atoms with Crippen LogP contribution in [-0.4, -0.2) is 99.4 Å². The smallest absolute Gasteiger partial charge is 0.410 e. The fraction of sp³-hybridized carbons (Fsp3) is 0.603. The SMILES string of the molecule is C.C[C@H](N1CC[C@](CCC(=O)O)(c2ccc(F)cc2)OC1=O)C(C)(C)C.C[C@H](N1CC[C@](CCC(N)=O)(c2ccc(F)cc2)OC1=O)C(C)(C)C.C[C@H](N1CC[C@](CCCO)(c2ccc(F)cc2)OC1=O)C(C)(C)C.N. The summed E-state index contributed by atoms with van der Waals surface area (Å²) in [6.07, 6.45) is 1.89. The molecule has 6 rings (SSSR count). The van der Waals surface area contributed by atoms with Gasteiger partial charge in [-0.1, -0.05) is 106 Å². The van der Waals surface area contributed by atoms with Crippen LogP contribution in [0, 0.1) is 33.7 Å². The van der Waals surface area contributed by atoms with Crippen molar-refractivity contribution in [3.63, 3.8) is 0 Å². The van der Waals surface area contributed by atoms with Crippen LogP contribution in [0.2, 0.25) is 0 Å². The van der Waals surface area contributed by atoms with Gasteiger partial charge in [0.05, 0.1) is 0 Å². The third-order valence-corrected chi connectivity index (χ3v) is 15.4. The number of aliphatic hydroxyl groups excluding tert-OH is 1. The number of amides is 4. The van der Waals surface area contributed by atoms with Crippen molar-refractivity contribution in [1.82, 2.24) is 20.9 Å². The molecule has 18 heteroatoms. The molecule has 0 unspecified atom stereocenters. The molecule has 0 aliphatic carbocycles. The summed E-state index contributed by atoms with van der Waals surface area (Å²) in [7, 11) is 0. The summed E-state index contributed by atoms with van der Waals surface area (Å²) in [4.78, 5) is 65.5. The molecular formula is C58H88F3N5O10. The van der Waals surface area contributed by atoms with Crippen LogP contribution in [-0.2, 0) is 40.6 Å². The van der Waals surface area contributed by atoms with Crippen molar-refractivity contribution in [1.29, 1.82) is 0 Å². The molecule has 6 atom stereocenters. The van der Waals surface area contributed by atoms with Crippen LogP contribution >= 0.6 is 0 Å². The second-order valence-electron chi connectivity index (χ2n) is 23.3. The van der Waals surface area contributed by atoms with Gasteiger partial charge in [-0.05, 0) is 103 Å². The molecule has 3 aliphatic heterocycles. The van der Waals surface area contributed by atoms with Gasteiger partial charge in [0.25, 0.3) is 0 Å². The van der Waals surface area contributed by atoms with Crippen LogP contribution in [0.1, 0.15) is 165 Å². The molecule has 0 aromatic heterocycles. The average molecular weight is 1070 g/mol. The predicted molar refractivity (Wildman–Crippen MR) is 288 cm³/mol. The molecule has 0 saturated carbocycles. The molecule has 3 aliphatic rings. The number of halogens is 3. The third kappa shape index (κ3) is 17.1. The van der Waals surface area contributed by atoms with Crippen molar-refractivity contribution in [2.45, 2.75) is 183 Å². The number of aliphatic carboxylic acids is 1. The topological polar surface area (TPSA) is 224 Å². The van der Waals surface area contributed by atoms with E-state index in [0.29, 0.717) is 62.9 Å². The minimum atomic E-state index is -1.03. The van der Waals surface area contributed by atoms with Gasteiger partial charge in [0.1, 0.15) is 34.3 Å². The molecule has 15 nitrogen and oxygen atoms in total. The molecule has 3 aromatic carbocycles. The number of nitrogens with zero attached hydrogens (tertiary/aromatic N) is 3. The van der Waals surface area contributed by atoms with Crippen LogP contribution in [0.25, 0.3) is 0 Å². The number of carbonyl (C=O) groups excluding carboxylic acids is 4. The highest BCUT2D eigenvalue weighted by molar-refractivity contribution is 5.74. The molecule has 3 fully saturated rings. The Morgan fingerprint density at radius 3 is 1.04 bits per heavy atom. The highest BCUT2D eigenvalue weighted by Crippen LogP contribution is 2.43. The lowest BCUT2D eigenvalue weighted by molar-refractivity contribution is -0.140. The Hall–Kier alpha value is -5.88.